The third-order valence-electron chi connectivity index (χ3n) is 5.76. The van der Waals surface area contributed by atoms with Crippen LogP contribution < -0.4 is 10.6 Å². The molecule has 1 saturated carbocycles. The highest BCUT2D eigenvalue weighted by Gasteiger charge is 2.45. The van der Waals surface area contributed by atoms with E-state index < -0.39 is 0 Å². The highest BCUT2D eigenvalue weighted by molar-refractivity contribution is 5.87. The zero-order valence-electron chi connectivity index (χ0n) is 16.5. The van der Waals surface area contributed by atoms with Crippen LogP contribution in [0.4, 0.5) is 11.8 Å². The number of nitrogens with one attached hydrogen (secondary N) is 2. The van der Waals surface area contributed by atoms with Crippen LogP contribution in [0.1, 0.15) is 38.7 Å². The van der Waals surface area contributed by atoms with Crippen LogP contribution >= 0.6 is 0 Å². The second-order valence-electron chi connectivity index (χ2n) is 8.36. The normalized spacial score (nSPS) is 19.0. The highest BCUT2D eigenvalue weighted by Crippen LogP contribution is 2.51. The minimum absolute atomic E-state index is 0.376. The van der Waals surface area contributed by atoms with E-state index in [4.69, 9.17) is 4.98 Å². The molecule has 4 rings (SSSR count). The Balaban J connectivity index is 1.51. The van der Waals surface area contributed by atoms with Gasteiger partial charge in [-0.1, -0.05) is 51.1 Å². The third-order valence-corrected chi connectivity index (χ3v) is 5.76. The first-order chi connectivity index (χ1) is 12.9. The lowest BCUT2D eigenvalue weighted by Gasteiger charge is -2.14. The quantitative estimate of drug-likeness (QED) is 0.662. The summed E-state index contributed by atoms with van der Waals surface area (Å²) in [5.41, 5.74) is 2.60. The number of benzene rings is 1. The van der Waals surface area contributed by atoms with Gasteiger partial charge in [0.1, 0.15) is 5.82 Å². The van der Waals surface area contributed by atoms with Crippen LogP contribution in [0.3, 0.4) is 0 Å². The fourth-order valence-corrected chi connectivity index (χ4v) is 3.52. The number of aromatic nitrogens is 4. The Bertz CT molecular complexity index is 930. The first-order valence-electron chi connectivity index (χ1n) is 9.66. The van der Waals surface area contributed by atoms with Crippen molar-refractivity contribution >= 4 is 22.8 Å². The van der Waals surface area contributed by atoms with Gasteiger partial charge in [-0.3, -0.25) is 4.68 Å². The van der Waals surface area contributed by atoms with E-state index in [2.05, 4.69) is 65.8 Å². The van der Waals surface area contributed by atoms with Crippen molar-refractivity contribution in [1.82, 2.24) is 19.7 Å². The predicted octanol–water partition coefficient (Wildman–Crippen LogP) is 4.04. The molecule has 1 fully saturated rings. The molecule has 27 heavy (non-hydrogen) atoms. The van der Waals surface area contributed by atoms with Crippen LogP contribution in [0.15, 0.2) is 36.5 Å². The lowest BCUT2D eigenvalue weighted by Crippen LogP contribution is -2.14. The van der Waals surface area contributed by atoms with Gasteiger partial charge in [0, 0.05) is 20.1 Å². The van der Waals surface area contributed by atoms with Gasteiger partial charge < -0.3 is 10.6 Å². The van der Waals surface area contributed by atoms with E-state index in [0.717, 1.165) is 29.9 Å². The van der Waals surface area contributed by atoms with Gasteiger partial charge in [0.25, 0.3) is 0 Å². The Labute approximate surface area is 160 Å². The molecule has 1 aliphatic rings. The molecule has 1 aromatic carbocycles. The summed E-state index contributed by atoms with van der Waals surface area (Å²) in [4.78, 5) is 9.41. The molecule has 0 amide bonds. The molecule has 2 N–H and O–H groups in total. The van der Waals surface area contributed by atoms with Crippen LogP contribution in [0.25, 0.3) is 11.0 Å². The maximum atomic E-state index is 4.74. The lowest BCUT2D eigenvalue weighted by molar-refractivity contribution is 0.573. The number of rotatable bonds is 7. The van der Waals surface area contributed by atoms with Crippen molar-refractivity contribution in [2.45, 2.75) is 33.1 Å². The fourth-order valence-electron chi connectivity index (χ4n) is 3.52. The number of fused-ring (bicyclic) bond motifs is 1. The second-order valence-corrected chi connectivity index (χ2v) is 8.36. The Kier molecular flexibility index (Phi) is 4.50. The molecule has 142 valence electrons. The van der Waals surface area contributed by atoms with Crippen molar-refractivity contribution in [2.75, 3.05) is 23.7 Å². The van der Waals surface area contributed by atoms with Crippen molar-refractivity contribution in [2.24, 2.45) is 18.4 Å². The summed E-state index contributed by atoms with van der Waals surface area (Å²) in [5.74, 6) is 2.59. The smallest absolute Gasteiger partial charge is 0.226 e. The summed E-state index contributed by atoms with van der Waals surface area (Å²) in [6, 6.07) is 10.5. The van der Waals surface area contributed by atoms with E-state index in [1.165, 1.54) is 12.0 Å². The number of hydrogen-bond acceptors (Lipinski definition) is 5. The van der Waals surface area contributed by atoms with Crippen LogP contribution in [0.5, 0.6) is 0 Å². The molecule has 2 heterocycles. The SMILES string of the molecule is CC(CNc1nc(NCC2CC2(C)C)c2cnn(C)c2n1)c1ccccc1. The van der Waals surface area contributed by atoms with Crippen molar-refractivity contribution in [3.8, 4) is 0 Å². The Hall–Kier alpha value is -2.63. The van der Waals surface area contributed by atoms with Gasteiger partial charge >= 0.3 is 0 Å². The zero-order valence-corrected chi connectivity index (χ0v) is 16.5. The predicted molar refractivity (Wildman–Crippen MR) is 110 cm³/mol. The van der Waals surface area contributed by atoms with Crippen LogP contribution in [0.2, 0.25) is 0 Å². The molecule has 3 aromatic rings. The van der Waals surface area contributed by atoms with Crippen molar-refractivity contribution in [1.29, 1.82) is 0 Å². The lowest BCUT2D eigenvalue weighted by atomic mass is 10.0. The molecule has 2 aromatic heterocycles. The summed E-state index contributed by atoms with van der Waals surface area (Å²) in [6.07, 6.45) is 3.10. The third kappa shape index (κ3) is 3.75. The molecule has 0 bridgehead atoms. The minimum atomic E-state index is 0.376. The topological polar surface area (TPSA) is 67.7 Å². The number of hydrogen-bond donors (Lipinski definition) is 2. The van der Waals surface area contributed by atoms with Gasteiger partial charge in [-0.2, -0.15) is 15.1 Å². The Morgan fingerprint density at radius 1 is 1.19 bits per heavy atom. The molecule has 0 aliphatic heterocycles. The van der Waals surface area contributed by atoms with Gasteiger partial charge in [0.2, 0.25) is 5.95 Å². The first kappa shape index (κ1) is 17.8. The summed E-state index contributed by atoms with van der Waals surface area (Å²) in [6.45, 7) is 8.56. The molecule has 1 aliphatic carbocycles. The summed E-state index contributed by atoms with van der Waals surface area (Å²) in [5, 5.41) is 12.3. The monoisotopic (exact) mass is 364 g/mol. The first-order valence-corrected chi connectivity index (χ1v) is 9.66. The van der Waals surface area contributed by atoms with Crippen LogP contribution in [0, 0.1) is 11.3 Å². The van der Waals surface area contributed by atoms with Crippen LogP contribution in [-0.2, 0) is 7.05 Å². The van der Waals surface area contributed by atoms with Crippen molar-refractivity contribution < 1.29 is 0 Å². The molecule has 2 unspecified atom stereocenters. The van der Waals surface area contributed by atoms with Gasteiger partial charge in [0.15, 0.2) is 5.65 Å². The molecule has 6 heteroatoms. The molecule has 2 atom stereocenters. The maximum Gasteiger partial charge on any atom is 0.226 e. The van der Waals surface area contributed by atoms with E-state index in [9.17, 15) is 0 Å². The number of anilines is 2. The van der Waals surface area contributed by atoms with Crippen molar-refractivity contribution in [3.63, 3.8) is 0 Å². The number of nitrogens with zero attached hydrogens (tertiary/aromatic N) is 4. The summed E-state index contributed by atoms with van der Waals surface area (Å²) < 4.78 is 1.80. The van der Waals surface area contributed by atoms with E-state index in [1.807, 2.05) is 19.3 Å². The Morgan fingerprint density at radius 2 is 1.93 bits per heavy atom. The highest BCUT2D eigenvalue weighted by atomic mass is 15.3. The van der Waals surface area contributed by atoms with E-state index in [0.29, 0.717) is 23.2 Å². The average Bonchev–Trinajstić information content (AvgIpc) is 3.11. The van der Waals surface area contributed by atoms with E-state index in [-0.39, 0.29) is 0 Å². The fraction of sp³-hybridized carbons (Fsp3) is 0.476. The molecule has 0 saturated heterocycles. The van der Waals surface area contributed by atoms with Gasteiger partial charge in [-0.05, 0) is 29.2 Å². The van der Waals surface area contributed by atoms with Crippen LogP contribution in [-0.4, -0.2) is 32.8 Å². The summed E-state index contributed by atoms with van der Waals surface area (Å²) in [7, 11) is 1.92. The van der Waals surface area contributed by atoms with Crippen molar-refractivity contribution in [3.05, 3.63) is 42.1 Å². The summed E-state index contributed by atoms with van der Waals surface area (Å²) >= 11 is 0. The van der Waals surface area contributed by atoms with E-state index in [1.54, 1.807) is 4.68 Å². The molecular weight excluding hydrogens is 336 g/mol. The minimum Gasteiger partial charge on any atom is -0.369 e. The van der Waals surface area contributed by atoms with Gasteiger partial charge in [-0.25, -0.2) is 0 Å². The number of aryl methyl sites for hydroxylation is 1. The standard InChI is InChI=1S/C21H28N6/c1-14(15-8-6-5-7-9-15)11-23-20-25-18(22-12-16-10-21(16,2)3)17-13-24-27(4)19(17)26-20/h5-9,13-14,16H,10-12H2,1-4H3,(H2,22,23,25,26). The molecule has 6 nitrogen and oxygen atoms in total. The maximum absolute atomic E-state index is 4.74. The molecule has 0 spiro atoms. The second kappa shape index (κ2) is 6.83. The zero-order chi connectivity index (χ0) is 19.0. The molecular formula is C21H28N6. The molecule has 0 radical (unpaired) electrons. The largest absolute Gasteiger partial charge is 0.369 e. The van der Waals surface area contributed by atoms with Gasteiger partial charge in [-0.15, -0.1) is 0 Å². The van der Waals surface area contributed by atoms with Gasteiger partial charge in [0.05, 0.1) is 11.6 Å². The average molecular weight is 364 g/mol. The van der Waals surface area contributed by atoms with E-state index >= 15 is 0 Å². The Morgan fingerprint density at radius 3 is 2.63 bits per heavy atom.